The Morgan fingerprint density at radius 3 is 2.03 bits per heavy atom. The van der Waals surface area contributed by atoms with E-state index in [1.165, 1.54) is 32.6 Å². The topological polar surface area (TPSA) is 57.6 Å². The number of rotatable bonds is 12. The van der Waals surface area contributed by atoms with Crippen LogP contribution in [0.4, 0.5) is 0 Å². The molecule has 184 valence electrons. The molecule has 3 rings (SSSR count). The molecule has 1 aliphatic carbocycles. The first kappa shape index (κ1) is 26.7. The van der Waals surface area contributed by atoms with Crippen LogP contribution in [-0.4, -0.2) is 45.8 Å². The fourth-order valence-electron chi connectivity index (χ4n) is 6.91. The van der Waals surface area contributed by atoms with Crippen molar-refractivity contribution in [3.8, 4) is 0 Å². The zero-order valence-electron chi connectivity index (χ0n) is 21.4. The average molecular weight is 562 g/mol. The number of carbonyl (C=O) groups is 2. The van der Waals surface area contributed by atoms with Gasteiger partial charge in [-0.2, -0.15) is 0 Å². The number of amides is 1. The number of likely N-dealkylation sites (tertiary alicyclic amines) is 1. The summed E-state index contributed by atoms with van der Waals surface area (Å²) in [7, 11) is 0. The van der Waals surface area contributed by atoms with Crippen LogP contribution in [0.15, 0.2) is 30.3 Å². The van der Waals surface area contributed by atoms with Gasteiger partial charge in [-0.05, 0) is 0 Å². The number of fused-ring (bicyclic) bond motifs is 1. The van der Waals surface area contributed by atoms with Gasteiger partial charge in [-0.25, -0.2) is 0 Å². The van der Waals surface area contributed by atoms with Crippen LogP contribution in [0.1, 0.15) is 91.0 Å². The van der Waals surface area contributed by atoms with Crippen molar-refractivity contribution in [2.75, 3.05) is 0 Å². The van der Waals surface area contributed by atoms with Crippen LogP contribution in [-0.2, 0) is 16.1 Å². The molecule has 0 bridgehead atoms. The Balaban J connectivity index is 2.14. The molecule has 1 aliphatic heterocycles. The van der Waals surface area contributed by atoms with E-state index in [1.807, 2.05) is 30.3 Å². The van der Waals surface area contributed by atoms with E-state index in [4.69, 9.17) is 0 Å². The van der Waals surface area contributed by atoms with E-state index in [1.54, 1.807) is 4.90 Å². The van der Waals surface area contributed by atoms with Crippen LogP contribution in [0.2, 0.25) is 16.7 Å². The van der Waals surface area contributed by atoms with Crippen LogP contribution in [0, 0.1) is 5.92 Å². The predicted octanol–water partition coefficient (Wildman–Crippen LogP) is 6.70. The van der Waals surface area contributed by atoms with Gasteiger partial charge in [-0.3, -0.25) is 0 Å². The summed E-state index contributed by atoms with van der Waals surface area (Å²) < 4.78 is 3.09. The van der Waals surface area contributed by atoms with Gasteiger partial charge >= 0.3 is 206 Å². The van der Waals surface area contributed by atoms with Crippen molar-refractivity contribution < 1.29 is 14.7 Å². The second-order valence-corrected chi connectivity index (χ2v) is 25.3. The van der Waals surface area contributed by atoms with Gasteiger partial charge in [0.25, 0.3) is 0 Å². The minimum atomic E-state index is -3.17. The van der Waals surface area contributed by atoms with Crippen LogP contribution in [0.25, 0.3) is 0 Å². The Hall–Kier alpha value is -0.881. The molecule has 2 fully saturated rings. The molecule has 5 heteroatoms. The van der Waals surface area contributed by atoms with Crippen molar-refractivity contribution in [1.82, 2.24) is 4.90 Å². The molecule has 3 atom stereocenters. The van der Waals surface area contributed by atoms with Crippen molar-refractivity contribution >= 4 is 30.1 Å². The summed E-state index contributed by atoms with van der Waals surface area (Å²) in [6.07, 6.45) is 8.90. The van der Waals surface area contributed by atoms with Gasteiger partial charge in [-0.15, -0.1) is 0 Å². The van der Waals surface area contributed by atoms with E-state index in [-0.39, 0.29) is 17.6 Å². The SMILES string of the molecule is CCC[CH2][Sn]([CH2]CCC)([CH2]CCC)[C@@]1(C)C(=O)N(Cc2ccccc2)C2(O)C(=O)CCCC21. The Bertz CT molecular complexity index is 791. The van der Waals surface area contributed by atoms with Crippen LogP contribution in [0.5, 0.6) is 0 Å². The van der Waals surface area contributed by atoms with Gasteiger partial charge in [0.15, 0.2) is 0 Å². The quantitative estimate of drug-likeness (QED) is 0.289. The predicted molar refractivity (Wildman–Crippen MR) is 138 cm³/mol. The van der Waals surface area contributed by atoms with Gasteiger partial charge in [0.05, 0.1) is 0 Å². The molecule has 1 aromatic rings. The molecule has 1 saturated heterocycles. The Labute approximate surface area is 205 Å². The van der Waals surface area contributed by atoms with E-state index in [0.717, 1.165) is 37.7 Å². The van der Waals surface area contributed by atoms with Gasteiger partial charge in [0.2, 0.25) is 0 Å². The molecule has 4 nitrogen and oxygen atoms in total. The zero-order valence-corrected chi connectivity index (χ0v) is 24.2. The number of aliphatic hydroxyl groups is 1. The summed E-state index contributed by atoms with van der Waals surface area (Å²) in [6.45, 7) is 9.28. The molecule has 1 amide bonds. The van der Waals surface area contributed by atoms with E-state index in [2.05, 4.69) is 27.7 Å². The summed E-state index contributed by atoms with van der Waals surface area (Å²) in [5.41, 5.74) is -0.649. The molecule has 1 saturated carbocycles. The molecule has 1 aromatic carbocycles. The van der Waals surface area contributed by atoms with Crippen LogP contribution < -0.4 is 0 Å². The Morgan fingerprint density at radius 1 is 0.970 bits per heavy atom. The first-order valence-corrected chi connectivity index (χ1v) is 20.9. The van der Waals surface area contributed by atoms with E-state index in [0.29, 0.717) is 13.0 Å². The maximum atomic E-state index is 14.6. The third-order valence-electron chi connectivity index (χ3n) is 8.90. The minimum absolute atomic E-state index is 0.0909. The van der Waals surface area contributed by atoms with Crippen molar-refractivity contribution in [2.45, 2.75) is 114 Å². The molecule has 0 aromatic heterocycles. The Kier molecular flexibility index (Phi) is 9.10. The van der Waals surface area contributed by atoms with Crippen molar-refractivity contribution in [3.63, 3.8) is 0 Å². The molecular formula is C28H45NO3Sn. The van der Waals surface area contributed by atoms with Gasteiger partial charge < -0.3 is 0 Å². The number of hydrogen-bond donors (Lipinski definition) is 1. The first-order chi connectivity index (χ1) is 15.8. The molecule has 33 heavy (non-hydrogen) atoms. The fourth-order valence-corrected chi connectivity index (χ4v) is 27.1. The number of hydrogen-bond acceptors (Lipinski definition) is 3. The zero-order chi connectivity index (χ0) is 24.1. The molecular weight excluding hydrogens is 517 g/mol. The third-order valence-corrected chi connectivity index (χ3v) is 28.0. The van der Waals surface area contributed by atoms with Crippen molar-refractivity contribution in [2.24, 2.45) is 5.92 Å². The van der Waals surface area contributed by atoms with E-state index in [9.17, 15) is 14.7 Å². The van der Waals surface area contributed by atoms with Crippen LogP contribution in [0.3, 0.4) is 0 Å². The summed E-state index contributed by atoms with van der Waals surface area (Å²) in [6, 6.07) is 9.89. The molecule has 2 unspecified atom stereocenters. The van der Waals surface area contributed by atoms with E-state index >= 15 is 0 Å². The van der Waals surface area contributed by atoms with Crippen molar-refractivity contribution in [3.05, 3.63) is 35.9 Å². The van der Waals surface area contributed by atoms with E-state index < -0.39 is 27.5 Å². The third kappa shape index (κ3) is 4.68. The number of ketones is 1. The van der Waals surface area contributed by atoms with Gasteiger partial charge in [0.1, 0.15) is 0 Å². The number of carbonyl (C=O) groups excluding carboxylic acids is 2. The molecule has 0 spiro atoms. The molecule has 1 N–H and O–H groups in total. The molecule has 0 radical (unpaired) electrons. The standard InChI is InChI=1S/C16H18NO3.3C4H9.Sn/c1-11-13-8-5-9-14(18)16(13,20)17(15(11)19)10-12-6-3-2-4-7-12;3*1-3-4-2;/h2-4,6-7,13,20H,5,8-10H2,1H3;3*1,3-4H2,2H3;. The summed E-state index contributed by atoms with van der Waals surface area (Å²) in [5, 5.41) is 12.1. The normalized spacial score (nSPS) is 27.8. The number of unbranched alkanes of at least 4 members (excludes halogenated alkanes) is 3. The Morgan fingerprint density at radius 2 is 1.52 bits per heavy atom. The maximum absolute atomic E-state index is 14.6. The van der Waals surface area contributed by atoms with Gasteiger partial charge in [0, 0.05) is 0 Å². The van der Waals surface area contributed by atoms with Gasteiger partial charge in [-0.1, -0.05) is 0 Å². The molecule has 1 heterocycles. The van der Waals surface area contributed by atoms with Crippen LogP contribution >= 0.6 is 0 Å². The van der Waals surface area contributed by atoms with Crippen molar-refractivity contribution in [1.29, 1.82) is 0 Å². The first-order valence-electron chi connectivity index (χ1n) is 13.4. The number of benzene rings is 1. The fraction of sp³-hybridized carbons (Fsp3) is 0.714. The monoisotopic (exact) mass is 563 g/mol. The summed E-state index contributed by atoms with van der Waals surface area (Å²) >= 11 is -3.17. The summed E-state index contributed by atoms with van der Waals surface area (Å²) in [4.78, 5) is 29.6. The number of nitrogens with zero attached hydrogens (tertiary/aromatic N) is 1. The molecule has 2 aliphatic rings. The second kappa shape index (κ2) is 11.2. The number of Topliss-reactive ketones (excluding diaryl/α,β-unsaturated/α-hetero) is 1. The summed E-state index contributed by atoms with van der Waals surface area (Å²) in [5.74, 6) is -0.287. The average Bonchev–Trinajstić information content (AvgIpc) is 3.00. The second-order valence-electron chi connectivity index (χ2n) is 10.8.